The molecule has 0 fully saturated rings. The predicted octanol–water partition coefficient (Wildman–Crippen LogP) is 4.51. The van der Waals surface area contributed by atoms with E-state index in [4.69, 9.17) is 21.1 Å². The van der Waals surface area contributed by atoms with Crippen molar-refractivity contribution in [1.29, 1.82) is 0 Å². The van der Waals surface area contributed by atoms with E-state index in [1.165, 1.54) is 16.7 Å². The molecule has 2 aliphatic rings. The molecule has 0 radical (unpaired) electrons. The Morgan fingerprint density at radius 3 is 2.35 bits per heavy atom. The molecule has 2 aromatic carbocycles. The van der Waals surface area contributed by atoms with Gasteiger partial charge in [0.05, 0.1) is 19.2 Å². The largest absolute Gasteiger partial charge is 0.493 e. The maximum atomic E-state index is 10.7. The molecule has 0 bridgehead atoms. The van der Waals surface area contributed by atoms with Crippen molar-refractivity contribution in [2.24, 2.45) is 0 Å². The van der Waals surface area contributed by atoms with Gasteiger partial charge < -0.3 is 14.4 Å². The van der Waals surface area contributed by atoms with Gasteiger partial charge in [0.15, 0.2) is 11.5 Å². The Labute approximate surface area is 206 Å². The van der Waals surface area contributed by atoms with Crippen LogP contribution in [0.15, 0.2) is 54.9 Å². The number of carbonyl (C=O) groups excluding carboxylic acids is 1. The fraction of sp³-hybridized carbons (Fsp3) is 0.333. The van der Waals surface area contributed by atoms with Gasteiger partial charge in [-0.2, -0.15) is 0 Å². The number of nitrogens with zero attached hydrogens (tertiary/aromatic N) is 3. The van der Waals surface area contributed by atoms with Gasteiger partial charge in [-0.3, -0.25) is 14.7 Å². The molecule has 1 aromatic heterocycles. The zero-order valence-electron chi connectivity index (χ0n) is 19.7. The van der Waals surface area contributed by atoms with Gasteiger partial charge in [-0.25, -0.2) is 0 Å². The first-order valence-electron chi connectivity index (χ1n) is 11.4. The Balaban J connectivity index is 0.000000162. The molecule has 7 heteroatoms. The van der Waals surface area contributed by atoms with Crippen LogP contribution in [0.25, 0.3) is 0 Å². The second kappa shape index (κ2) is 11.4. The predicted molar refractivity (Wildman–Crippen MR) is 133 cm³/mol. The number of aromatic nitrogens is 1. The second-order valence-electron chi connectivity index (χ2n) is 8.50. The van der Waals surface area contributed by atoms with Gasteiger partial charge in [0, 0.05) is 45.1 Å². The van der Waals surface area contributed by atoms with Crippen molar-refractivity contribution in [3.05, 3.63) is 87.7 Å². The topological polar surface area (TPSA) is 54.9 Å². The molecule has 2 aliphatic heterocycles. The fourth-order valence-corrected chi connectivity index (χ4v) is 4.64. The summed E-state index contributed by atoms with van der Waals surface area (Å²) >= 11 is 6.15. The number of benzene rings is 2. The minimum Gasteiger partial charge on any atom is -0.493 e. The van der Waals surface area contributed by atoms with E-state index in [0.29, 0.717) is 12.3 Å². The quantitative estimate of drug-likeness (QED) is 0.504. The highest BCUT2D eigenvalue weighted by Crippen LogP contribution is 2.32. The number of methoxy groups -OCH3 is 2. The van der Waals surface area contributed by atoms with E-state index in [-0.39, 0.29) is 0 Å². The van der Waals surface area contributed by atoms with Crippen LogP contribution in [0.2, 0.25) is 5.02 Å². The van der Waals surface area contributed by atoms with Crippen LogP contribution in [0, 0.1) is 0 Å². The number of amides is 1. The summed E-state index contributed by atoms with van der Waals surface area (Å²) in [4.78, 5) is 18.9. The lowest BCUT2D eigenvalue weighted by atomic mass is 9.99. The van der Waals surface area contributed by atoms with Crippen molar-refractivity contribution in [1.82, 2.24) is 14.8 Å². The van der Waals surface area contributed by atoms with Crippen LogP contribution in [0.1, 0.15) is 27.8 Å². The van der Waals surface area contributed by atoms with E-state index >= 15 is 0 Å². The van der Waals surface area contributed by atoms with E-state index in [1.54, 1.807) is 31.5 Å². The van der Waals surface area contributed by atoms with Crippen molar-refractivity contribution in [2.45, 2.75) is 32.5 Å². The van der Waals surface area contributed by atoms with E-state index in [2.05, 4.69) is 34.1 Å². The Bertz CT molecular complexity index is 1140. The molecular formula is C27H30ClN3O3. The van der Waals surface area contributed by atoms with Crippen LogP contribution in [0.3, 0.4) is 0 Å². The summed E-state index contributed by atoms with van der Waals surface area (Å²) in [6.45, 7) is 4.42. The van der Waals surface area contributed by atoms with Crippen LogP contribution in [0.4, 0.5) is 0 Å². The molecule has 1 amide bonds. The molecule has 3 aromatic rings. The van der Waals surface area contributed by atoms with E-state index < -0.39 is 0 Å². The normalized spacial score (nSPS) is 14.9. The van der Waals surface area contributed by atoms with E-state index in [0.717, 1.165) is 67.3 Å². The molecule has 0 saturated heterocycles. The Morgan fingerprint density at radius 1 is 0.941 bits per heavy atom. The van der Waals surface area contributed by atoms with Crippen molar-refractivity contribution in [3.8, 4) is 11.5 Å². The number of fused-ring (bicyclic) bond motifs is 2. The number of ether oxygens (including phenoxy) is 2. The van der Waals surface area contributed by atoms with E-state index in [1.807, 2.05) is 18.2 Å². The first-order valence-corrected chi connectivity index (χ1v) is 11.8. The van der Waals surface area contributed by atoms with Crippen LogP contribution < -0.4 is 9.47 Å². The summed E-state index contributed by atoms with van der Waals surface area (Å²) < 4.78 is 10.5. The zero-order chi connectivity index (χ0) is 23.9. The molecule has 5 rings (SSSR count). The summed E-state index contributed by atoms with van der Waals surface area (Å²) in [6.07, 6.45) is 6.40. The average molecular weight is 480 g/mol. The first kappa shape index (κ1) is 24.0. The average Bonchev–Trinajstić information content (AvgIpc) is 2.89. The van der Waals surface area contributed by atoms with Crippen LogP contribution in [-0.4, -0.2) is 48.5 Å². The highest BCUT2D eigenvalue weighted by molar-refractivity contribution is 6.31. The van der Waals surface area contributed by atoms with E-state index in [9.17, 15) is 4.79 Å². The van der Waals surface area contributed by atoms with Crippen LogP contribution in [0.5, 0.6) is 11.5 Å². The summed E-state index contributed by atoms with van der Waals surface area (Å²) in [5.41, 5.74) is 6.45. The molecule has 6 nitrogen and oxygen atoms in total. The van der Waals surface area contributed by atoms with Gasteiger partial charge >= 0.3 is 0 Å². The van der Waals surface area contributed by atoms with Gasteiger partial charge in [-0.15, -0.1) is 0 Å². The Morgan fingerprint density at radius 2 is 1.65 bits per heavy atom. The summed E-state index contributed by atoms with van der Waals surface area (Å²) in [6, 6.07) is 14.6. The van der Waals surface area contributed by atoms with Gasteiger partial charge in [0.1, 0.15) is 0 Å². The van der Waals surface area contributed by atoms with Crippen molar-refractivity contribution in [3.63, 3.8) is 0 Å². The SMILES string of the molecule is COc1cc2c(cc1OC)CN(C=O)CC2.Clc1cnccc1CN1CCc2ccccc2C1. The van der Waals surface area contributed by atoms with Crippen molar-refractivity contribution < 1.29 is 14.3 Å². The molecule has 0 spiro atoms. The molecular weight excluding hydrogens is 450 g/mol. The van der Waals surface area contributed by atoms with Crippen molar-refractivity contribution in [2.75, 3.05) is 27.3 Å². The molecule has 0 saturated carbocycles. The van der Waals surface area contributed by atoms with Gasteiger partial charge in [0.2, 0.25) is 6.41 Å². The minimum atomic E-state index is 0.652. The Hall–Kier alpha value is -3.09. The standard InChI is InChI=1S/C15H15ClN2.C12H15NO3/c16-15-9-17-7-5-14(15)11-18-8-6-12-3-1-2-4-13(12)10-18;1-15-11-5-9-3-4-13(8-14)7-10(9)6-12(11)16-2/h1-5,7,9H,6,8,10-11H2;5-6,8H,3-4,7H2,1-2H3. The van der Waals surface area contributed by atoms with Gasteiger partial charge in [-0.1, -0.05) is 35.9 Å². The summed E-state index contributed by atoms with van der Waals surface area (Å²) in [7, 11) is 3.25. The number of carbonyl (C=O) groups is 1. The number of pyridine rings is 1. The lowest BCUT2D eigenvalue weighted by Crippen LogP contribution is -2.30. The molecule has 34 heavy (non-hydrogen) atoms. The maximum Gasteiger partial charge on any atom is 0.210 e. The zero-order valence-corrected chi connectivity index (χ0v) is 20.4. The number of hydrogen-bond donors (Lipinski definition) is 0. The highest BCUT2D eigenvalue weighted by Gasteiger charge is 2.18. The fourth-order valence-electron chi connectivity index (χ4n) is 4.46. The second-order valence-corrected chi connectivity index (χ2v) is 8.91. The minimum absolute atomic E-state index is 0.652. The lowest BCUT2D eigenvalue weighted by molar-refractivity contribution is -0.118. The van der Waals surface area contributed by atoms with Crippen molar-refractivity contribution >= 4 is 18.0 Å². The number of hydrogen-bond acceptors (Lipinski definition) is 5. The van der Waals surface area contributed by atoms with Crippen LogP contribution >= 0.6 is 11.6 Å². The Kier molecular flexibility index (Phi) is 8.03. The smallest absolute Gasteiger partial charge is 0.210 e. The molecule has 0 aliphatic carbocycles. The molecule has 0 N–H and O–H groups in total. The number of halogens is 1. The maximum absolute atomic E-state index is 10.7. The molecule has 178 valence electrons. The molecule has 3 heterocycles. The summed E-state index contributed by atoms with van der Waals surface area (Å²) in [5, 5.41) is 0.761. The lowest BCUT2D eigenvalue weighted by Gasteiger charge is -2.28. The van der Waals surface area contributed by atoms with Gasteiger partial charge in [-0.05, 0) is 58.9 Å². The molecule has 0 unspecified atom stereocenters. The van der Waals surface area contributed by atoms with Gasteiger partial charge in [0.25, 0.3) is 0 Å². The first-order chi connectivity index (χ1) is 16.6. The third-order valence-corrected chi connectivity index (χ3v) is 6.70. The summed E-state index contributed by atoms with van der Waals surface area (Å²) in [5.74, 6) is 1.47. The third kappa shape index (κ3) is 5.69. The molecule has 0 atom stereocenters. The monoisotopic (exact) mass is 479 g/mol. The third-order valence-electron chi connectivity index (χ3n) is 6.36. The van der Waals surface area contributed by atoms with Crippen LogP contribution in [-0.2, 0) is 37.3 Å². The highest BCUT2D eigenvalue weighted by atomic mass is 35.5. The number of rotatable bonds is 5.